The number of amides is 1. The van der Waals surface area contributed by atoms with Crippen molar-refractivity contribution in [1.29, 1.82) is 0 Å². The zero-order valence-electron chi connectivity index (χ0n) is 13.0. The van der Waals surface area contributed by atoms with Gasteiger partial charge in [-0.05, 0) is 30.7 Å². The minimum Gasteiger partial charge on any atom is -0.326 e. The highest BCUT2D eigenvalue weighted by Crippen LogP contribution is 2.19. The summed E-state index contributed by atoms with van der Waals surface area (Å²) < 4.78 is 0. The minimum absolute atomic E-state index is 0.0771. The second-order valence-corrected chi connectivity index (χ2v) is 6.30. The Morgan fingerprint density at radius 2 is 1.85 bits per heavy atom. The third-order valence-corrected chi connectivity index (χ3v) is 4.40. The molecule has 1 aromatic rings. The van der Waals surface area contributed by atoms with Crippen LogP contribution < -0.4 is 5.32 Å². The van der Waals surface area contributed by atoms with E-state index in [0.29, 0.717) is 11.8 Å². The summed E-state index contributed by atoms with van der Waals surface area (Å²) >= 11 is 0. The van der Waals surface area contributed by atoms with Crippen LogP contribution in [-0.4, -0.2) is 29.6 Å². The van der Waals surface area contributed by atoms with E-state index in [1.807, 2.05) is 23.1 Å². The van der Waals surface area contributed by atoms with Gasteiger partial charge < -0.3 is 4.90 Å². The van der Waals surface area contributed by atoms with E-state index in [0.717, 1.165) is 13.0 Å². The van der Waals surface area contributed by atoms with E-state index in [-0.39, 0.29) is 18.1 Å². The summed E-state index contributed by atoms with van der Waals surface area (Å²) in [5.74, 6) is 1.37. The third kappa shape index (κ3) is 3.40. The lowest BCUT2D eigenvalue weighted by Crippen LogP contribution is -2.38. The van der Waals surface area contributed by atoms with Gasteiger partial charge in [-0.1, -0.05) is 51.1 Å². The summed E-state index contributed by atoms with van der Waals surface area (Å²) in [4.78, 5) is 14.5. The van der Waals surface area contributed by atoms with Crippen molar-refractivity contribution in [3.8, 4) is 0 Å². The van der Waals surface area contributed by atoms with Crippen LogP contribution in [0.25, 0.3) is 0 Å². The molecular weight excluding hydrogens is 248 g/mol. The Balaban J connectivity index is 1.99. The maximum atomic E-state index is 12.5. The first kappa shape index (κ1) is 15.0. The standard InChI is InChI=1S/C17H26N2O/c1-12(2)13(3)11-19-14(4)18-16(17(19)20)10-15-8-6-5-7-9-15/h5-9,12-14,16,18H,10-11H2,1-4H3. The van der Waals surface area contributed by atoms with Gasteiger partial charge in [-0.15, -0.1) is 0 Å². The first-order valence-electron chi connectivity index (χ1n) is 7.59. The van der Waals surface area contributed by atoms with Crippen LogP contribution in [0, 0.1) is 11.8 Å². The number of rotatable bonds is 5. The van der Waals surface area contributed by atoms with Gasteiger partial charge >= 0.3 is 0 Å². The molecule has 3 heteroatoms. The molecule has 20 heavy (non-hydrogen) atoms. The Labute approximate surface area is 122 Å². The van der Waals surface area contributed by atoms with Crippen molar-refractivity contribution in [2.75, 3.05) is 6.54 Å². The highest BCUT2D eigenvalue weighted by molar-refractivity contribution is 5.84. The molecule has 3 atom stereocenters. The smallest absolute Gasteiger partial charge is 0.241 e. The van der Waals surface area contributed by atoms with Crippen LogP contribution in [0.15, 0.2) is 30.3 Å². The summed E-state index contributed by atoms with van der Waals surface area (Å²) in [6.07, 6.45) is 0.911. The van der Waals surface area contributed by atoms with Crippen LogP contribution in [0.4, 0.5) is 0 Å². The lowest BCUT2D eigenvalue weighted by molar-refractivity contribution is -0.130. The normalized spacial score (nSPS) is 24.4. The fourth-order valence-corrected chi connectivity index (χ4v) is 2.61. The molecule has 0 aliphatic carbocycles. The summed E-state index contributed by atoms with van der Waals surface area (Å²) in [5, 5.41) is 3.42. The van der Waals surface area contributed by atoms with Crippen molar-refractivity contribution in [1.82, 2.24) is 10.2 Å². The van der Waals surface area contributed by atoms with Gasteiger partial charge in [0.25, 0.3) is 0 Å². The van der Waals surface area contributed by atoms with Gasteiger partial charge in [-0.2, -0.15) is 0 Å². The fraction of sp³-hybridized carbons (Fsp3) is 0.588. The molecule has 1 aliphatic rings. The predicted octanol–water partition coefficient (Wildman–Crippen LogP) is 2.67. The molecule has 0 aromatic heterocycles. The average molecular weight is 274 g/mol. The van der Waals surface area contributed by atoms with Gasteiger partial charge in [0.1, 0.15) is 0 Å². The second kappa shape index (κ2) is 6.40. The maximum Gasteiger partial charge on any atom is 0.241 e. The Bertz CT molecular complexity index is 444. The van der Waals surface area contributed by atoms with Gasteiger partial charge in [0.15, 0.2) is 0 Å². The van der Waals surface area contributed by atoms with Crippen molar-refractivity contribution in [3.63, 3.8) is 0 Å². The molecule has 1 aliphatic heterocycles. The molecule has 1 fully saturated rings. The summed E-state index contributed by atoms with van der Waals surface area (Å²) in [6.45, 7) is 9.57. The molecule has 3 nitrogen and oxygen atoms in total. The van der Waals surface area contributed by atoms with Crippen LogP contribution in [-0.2, 0) is 11.2 Å². The van der Waals surface area contributed by atoms with Crippen LogP contribution in [0.5, 0.6) is 0 Å². The lowest BCUT2D eigenvalue weighted by Gasteiger charge is -2.26. The highest BCUT2D eigenvalue weighted by Gasteiger charge is 2.36. The van der Waals surface area contributed by atoms with Crippen molar-refractivity contribution in [3.05, 3.63) is 35.9 Å². The van der Waals surface area contributed by atoms with E-state index < -0.39 is 0 Å². The summed E-state index contributed by atoms with van der Waals surface area (Å²) in [5.41, 5.74) is 1.21. The van der Waals surface area contributed by atoms with E-state index in [2.05, 4.69) is 45.1 Å². The number of carbonyl (C=O) groups is 1. The van der Waals surface area contributed by atoms with Crippen LogP contribution >= 0.6 is 0 Å². The Hall–Kier alpha value is -1.35. The Kier molecular flexibility index (Phi) is 4.81. The molecule has 0 bridgehead atoms. The van der Waals surface area contributed by atoms with E-state index in [4.69, 9.17) is 0 Å². The van der Waals surface area contributed by atoms with Gasteiger partial charge in [-0.25, -0.2) is 0 Å². The highest BCUT2D eigenvalue weighted by atomic mass is 16.2. The SMILES string of the molecule is CC(C)C(C)CN1C(=O)C(Cc2ccccc2)NC1C. The molecule has 1 heterocycles. The van der Waals surface area contributed by atoms with Crippen molar-refractivity contribution in [2.45, 2.75) is 46.3 Å². The number of nitrogens with zero attached hydrogens (tertiary/aromatic N) is 1. The van der Waals surface area contributed by atoms with Crippen LogP contribution in [0.2, 0.25) is 0 Å². The molecule has 0 saturated carbocycles. The number of carbonyl (C=O) groups excluding carboxylic acids is 1. The number of hydrogen-bond donors (Lipinski definition) is 1. The van der Waals surface area contributed by atoms with E-state index in [9.17, 15) is 4.79 Å². The van der Waals surface area contributed by atoms with Crippen molar-refractivity contribution >= 4 is 5.91 Å². The molecule has 110 valence electrons. The van der Waals surface area contributed by atoms with Gasteiger partial charge in [-0.3, -0.25) is 10.1 Å². The third-order valence-electron chi connectivity index (χ3n) is 4.40. The lowest BCUT2D eigenvalue weighted by atomic mass is 9.97. The van der Waals surface area contributed by atoms with Gasteiger partial charge in [0, 0.05) is 6.54 Å². The van der Waals surface area contributed by atoms with Crippen molar-refractivity contribution in [2.24, 2.45) is 11.8 Å². The van der Waals surface area contributed by atoms with E-state index in [1.54, 1.807) is 0 Å². The maximum absolute atomic E-state index is 12.5. The molecule has 2 rings (SSSR count). The zero-order valence-corrected chi connectivity index (χ0v) is 13.0. The fourth-order valence-electron chi connectivity index (χ4n) is 2.61. The topological polar surface area (TPSA) is 32.3 Å². The zero-order chi connectivity index (χ0) is 14.7. The van der Waals surface area contributed by atoms with E-state index >= 15 is 0 Å². The summed E-state index contributed by atoms with van der Waals surface area (Å²) in [7, 11) is 0. The number of benzene rings is 1. The molecule has 0 radical (unpaired) electrons. The monoisotopic (exact) mass is 274 g/mol. The molecule has 0 spiro atoms. The molecular formula is C17H26N2O. The molecule has 1 aromatic carbocycles. The summed E-state index contributed by atoms with van der Waals surface area (Å²) in [6, 6.07) is 10.1. The second-order valence-electron chi connectivity index (χ2n) is 6.30. The van der Waals surface area contributed by atoms with Crippen molar-refractivity contribution < 1.29 is 4.79 Å². The molecule has 1 N–H and O–H groups in total. The first-order chi connectivity index (χ1) is 9.49. The average Bonchev–Trinajstić information content (AvgIpc) is 2.67. The Morgan fingerprint density at radius 3 is 2.45 bits per heavy atom. The largest absolute Gasteiger partial charge is 0.326 e. The molecule has 1 amide bonds. The van der Waals surface area contributed by atoms with Crippen LogP contribution in [0.3, 0.4) is 0 Å². The van der Waals surface area contributed by atoms with Gasteiger partial charge in [0.2, 0.25) is 5.91 Å². The minimum atomic E-state index is -0.0771. The van der Waals surface area contributed by atoms with Crippen LogP contribution in [0.1, 0.15) is 33.3 Å². The first-order valence-corrected chi connectivity index (χ1v) is 7.59. The van der Waals surface area contributed by atoms with E-state index in [1.165, 1.54) is 5.56 Å². The molecule has 1 saturated heterocycles. The Morgan fingerprint density at radius 1 is 1.20 bits per heavy atom. The number of hydrogen-bond acceptors (Lipinski definition) is 2. The quantitative estimate of drug-likeness (QED) is 0.895. The molecule has 3 unspecified atom stereocenters. The number of nitrogens with one attached hydrogen (secondary N) is 1. The van der Waals surface area contributed by atoms with Gasteiger partial charge in [0.05, 0.1) is 12.2 Å². The predicted molar refractivity (Wildman–Crippen MR) is 82.2 cm³/mol.